The van der Waals surface area contributed by atoms with Crippen LogP contribution in [-0.2, 0) is 6.54 Å². The molecular formula is C22H18N8. The molecule has 0 aliphatic carbocycles. The molecule has 0 spiro atoms. The number of fused-ring (bicyclic) bond motifs is 2. The molecule has 2 N–H and O–H groups in total. The highest BCUT2D eigenvalue weighted by atomic mass is 15.4. The third kappa shape index (κ3) is 2.65. The van der Waals surface area contributed by atoms with Crippen LogP contribution in [0.25, 0.3) is 44.8 Å². The van der Waals surface area contributed by atoms with Crippen molar-refractivity contribution in [2.45, 2.75) is 13.5 Å². The molecule has 6 rings (SSSR count). The first kappa shape index (κ1) is 16.8. The standard InChI is InChI=1S/C22H18N8/c1-13-3-2-4-19(27-13)21-16(11-25-29-21)17-5-6-18-20(28-17)9-14(10-24-18)15-12-26-30-8-7-23-22(15)30/h2-6,9-12,23H,7-8H2,1H3,(H,25,29). The zero-order valence-electron chi connectivity index (χ0n) is 16.3. The molecule has 146 valence electrons. The van der Waals surface area contributed by atoms with Gasteiger partial charge in [-0.05, 0) is 37.3 Å². The highest BCUT2D eigenvalue weighted by Crippen LogP contribution is 2.33. The van der Waals surface area contributed by atoms with Gasteiger partial charge in [0, 0.05) is 41.3 Å². The molecule has 1 aliphatic heterocycles. The van der Waals surface area contributed by atoms with Gasteiger partial charge in [0.05, 0.1) is 35.2 Å². The van der Waals surface area contributed by atoms with Crippen molar-refractivity contribution in [3.63, 3.8) is 0 Å². The van der Waals surface area contributed by atoms with E-state index in [9.17, 15) is 0 Å². The molecule has 1 aliphatic rings. The predicted molar refractivity (Wildman–Crippen MR) is 115 cm³/mol. The molecule has 0 aromatic carbocycles. The summed E-state index contributed by atoms with van der Waals surface area (Å²) < 4.78 is 1.98. The molecule has 0 saturated carbocycles. The van der Waals surface area contributed by atoms with Crippen LogP contribution in [0.3, 0.4) is 0 Å². The Morgan fingerprint density at radius 2 is 1.93 bits per heavy atom. The van der Waals surface area contributed by atoms with E-state index in [1.807, 2.05) is 60.5 Å². The monoisotopic (exact) mass is 394 g/mol. The fourth-order valence-electron chi connectivity index (χ4n) is 3.89. The number of H-pyrrole nitrogens is 1. The SMILES string of the molecule is Cc1cccc(-c2n[nH]cc2-c2ccc3ncc(-c4cnn5c4NCC5)cc3n2)n1. The van der Waals surface area contributed by atoms with Gasteiger partial charge in [0.1, 0.15) is 11.5 Å². The van der Waals surface area contributed by atoms with Crippen molar-refractivity contribution in [1.29, 1.82) is 0 Å². The molecule has 5 aromatic heterocycles. The Morgan fingerprint density at radius 1 is 0.967 bits per heavy atom. The minimum atomic E-state index is 0.785. The van der Waals surface area contributed by atoms with Gasteiger partial charge in [-0.3, -0.25) is 15.1 Å². The van der Waals surface area contributed by atoms with Crippen molar-refractivity contribution in [3.8, 4) is 33.8 Å². The van der Waals surface area contributed by atoms with Gasteiger partial charge in [0.25, 0.3) is 0 Å². The molecular weight excluding hydrogens is 376 g/mol. The molecule has 0 fully saturated rings. The first-order chi connectivity index (χ1) is 14.8. The number of hydrogen-bond donors (Lipinski definition) is 2. The molecule has 0 radical (unpaired) electrons. The number of aryl methyl sites for hydroxylation is 1. The smallest absolute Gasteiger partial charge is 0.132 e. The molecule has 30 heavy (non-hydrogen) atoms. The zero-order chi connectivity index (χ0) is 20.1. The third-order valence-electron chi connectivity index (χ3n) is 5.35. The maximum atomic E-state index is 4.89. The topological polar surface area (TPSA) is 97.2 Å². The van der Waals surface area contributed by atoms with E-state index in [2.05, 4.69) is 36.6 Å². The first-order valence-electron chi connectivity index (χ1n) is 9.81. The highest BCUT2D eigenvalue weighted by Gasteiger charge is 2.18. The summed E-state index contributed by atoms with van der Waals surface area (Å²) in [6.45, 7) is 3.75. The van der Waals surface area contributed by atoms with Crippen molar-refractivity contribution in [2.24, 2.45) is 0 Å². The fourth-order valence-corrected chi connectivity index (χ4v) is 3.89. The molecule has 0 atom stereocenters. The maximum Gasteiger partial charge on any atom is 0.132 e. The molecule has 0 unspecified atom stereocenters. The van der Waals surface area contributed by atoms with E-state index in [1.165, 1.54) is 0 Å². The summed E-state index contributed by atoms with van der Waals surface area (Å²) in [6.07, 6.45) is 5.62. The van der Waals surface area contributed by atoms with E-state index in [1.54, 1.807) is 0 Å². The normalized spacial score (nSPS) is 12.8. The number of hydrogen-bond acceptors (Lipinski definition) is 6. The quantitative estimate of drug-likeness (QED) is 0.484. The van der Waals surface area contributed by atoms with Crippen LogP contribution in [0.15, 0.2) is 55.0 Å². The van der Waals surface area contributed by atoms with Gasteiger partial charge in [-0.15, -0.1) is 0 Å². The van der Waals surface area contributed by atoms with Crippen LogP contribution in [0.2, 0.25) is 0 Å². The van der Waals surface area contributed by atoms with Crippen LogP contribution in [-0.4, -0.2) is 41.5 Å². The van der Waals surface area contributed by atoms with E-state index < -0.39 is 0 Å². The van der Waals surface area contributed by atoms with Crippen LogP contribution < -0.4 is 5.32 Å². The van der Waals surface area contributed by atoms with E-state index in [0.717, 1.165) is 69.4 Å². The van der Waals surface area contributed by atoms with E-state index >= 15 is 0 Å². The number of aromatic amines is 1. The van der Waals surface area contributed by atoms with Gasteiger partial charge in [0.15, 0.2) is 0 Å². The average Bonchev–Trinajstić information content (AvgIpc) is 3.50. The second-order valence-corrected chi connectivity index (χ2v) is 7.33. The number of rotatable bonds is 3. The molecule has 0 bridgehead atoms. The lowest BCUT2D eigenvalue weighted by Gasteiger charge is -2.06. The number of pyridine rings is 3. The minimum Gasteiger partial charge on any atom is -0.368 e. The van der Waals surface area contributed by atoms with Crippen LogP contribution in [0.5, 0.6) is 0 Å². The summed E-state index contributed by atoms with van der Waals surface area (Å²) >= 11 is 0. The van der Waals surface area contributed by atoms with Crippen LogP contribution in [0, 0.1) is 6.92 Å². The van der Waals surface area contributed by atoms with E-state index in [-0.39, 0.29) is 0 Å². The lowest BCUT2D eigenvalue weighted by Crippen LogP contribution is -1.95. The summed E-state index contributed by atoms with van der Waals surface area (Å²) in [5, 5.41) is 15.2. The Kier molecular flexibility index (Phi) is 3.64. The second-order valence-electron chi connectivity index (χ2n) is 7.33. The van der Waals surface area contributed by atoms with Gasteiger partial charge >= 0.3 is 0 Å². The Balaban J connectivity index is 1.46. The molecule has 6 heterocycles. The van der Waals surface area contributed by atoms with Crippen molar-refractivity contribution >= 4 is 16.9 Å². The average molecular weight is 394 g/mol. The predicted octanol–water partition coefficient (Wildman–Crippen LogP) is 3.68. The van der Waals surface area contributed by atoms with Gasteiger partial charge in [-0.25, -0.2) is 9.67 Å². The summed E-state index contributed by atoms with van der Waals surface area (Å²) in [6, 6.07) is 11.9. The Labute approximate surface area is 172 Å². The van der Waals surface area contributed by atoms with Gasteiger partial charge in [0.2, 0.25) is 0 Å². The van der Waals surface area contributed by atoms with Crippen molar-refractivity contribution in [1.82, 2.24) is 34.9 Å². The summed E-state index contributed by atoms with van der Waals surface area (Å²) in [5.41, 5.74) is 8.00. The highest BCUT2D eigenvalue weighted by molar-refractivity contribution is 5.86. The van der Waals surface area contributed by atoms with Gasteiger partial charge in [-0.2, -0.15) is 10.2 Å². The van der Waals surface area contributed by atoms with Crippen molar-refractivity contribution in [2.75, 3.05) is 11.9 Å². The van der Waals surface area contributed by atoms with E-state index in [0.29, 0.717) is 0 Å². The fraction of sp³-hybridized carbons (Fsp3) is 0.136. The second kappa shape index (κ2) is 6.48. The summed E-state index contributed by atoms with van der Waals surface area (Å²) in [4.78, 5) is 14.1. The first-order valence-corrected chi connectivity index (χ1v) is 9.81. The molecule has 0 amide bonds. The van der Waals surface area contributed by atoms with Crippen LogP contribution in [0.4, 0.5) is 5.82 Å². The lowest BCUT2D eigenvalue weighted by atomic mass is 10.1. The molecule has 8 nitrogen and oxygen atoms in total. The molecule has 5 aromatic rings. The Bertz CT molecular complexity index is 1400. The van der Waals surface area contributed by atoms with Crippen LogP contribution in [0.1, 0.15) is 5.69 Å². The van der Waals surface area contributed by atoms with Crippen molar-refractivity contribution in [3.05, 3.63) is 60.7 Å². The maximum absolute atomic E-state index is 4.89. The van der Waals surface area contributed by atoms with Gasteiger partial charge < -0.3 is 5.32 Å². The number of anilines is 1. The number of nitrogens with one attached hydrogen (secondary N) is 2. The lowest BCUT2D eigenvalue weighted by molar-refractivity contribution is 0.696. The Hall–Kier alpha value is -4.07. The van der Waals surface area contributed by atoms with Crippen LogP contribution >= 0.6 is 0 Å². The van der Waals surface area contributed by atoms with Crippen molar-refractivity contribution < 1.29 is 0 Å². The molecule has 8 heteroatoms. The van der Waals surface area contributed by atoms with E-state index in [4.69, 9.17) is 4.98 Å². The zero-order valence-corrected chi connectivity index (χ0v) is 16.3. The number of nitrogens with zero attached hydrogens (tertiary/aromatic N) is 6. The Morgan fingerprint density at radius 3 is 2.87 bits per heavy atom. The van der Waals surface area contributed by atoms with Gasteiger partial charge in [-0.1, -0.05) is 6.07 Å². The summed E-state index contributed by atoms with van der Waals surface area (Å²) in [5.74, 6) is 1.04. The largest absolute Gasteiger partial charge is 0.368 e. The number of aromatic nitrogens is 7. The third-order valence-corrected chi connectivity index (χ3v) is 5.35. The minimum absolute atomic E-state index is 0.785. The summed E-state index contributed by atoms with van der Waals surface area (Å²) in [7, 11) is 0. The molecule has 0 saturated heterocycles.